The van der Waals surface area contributed by atoms with Gasteiger partial charge in [0.1, 0.15) is 5.75 Å². The van der Waals surface area contributed by atoms with Crippen LogP contribution < -0.4 is 9.46 Å². The lowest BCUT2D eigenvalue weighted by atomic mass is 10.1. The first-order valence-corrected chi connectivity index (χ1v) is 9.62. The van der Waals surface area contributed by atoms with E-state index in [1.807, 2.05) is 39.0 Å². The van der Waals surface area contributed by atoms with Crippen molar-refractivity contribution < 1.29 is 13.2 Å². The van der Waals surface area contributed by atoms with E-state index >= 15 is 0 Å². The summed E-state index contributed by atoms with van der Waals surface area (Å²) in [6.07, 6.45) is 1.44. The number of pyridine rings is 1. The average Bonchev–Trinajstić information content (AvgIpc) is 2.60. The van der Waals surface area contributed by atoms with Gasteiger partial charge in [-0.15, -0.1) is 0 Å². The second-order valence-corrected chi connectivity index (χ2v) is 7.86. The first-order chi connectivity index (χ1) is 12.3. The number of hydrogen-bond acceptors (Lipinski definition) is 4. The molecule has 2 aromatic carbocycles. The highest BCUT2D eigenvalue weighted by molar-refractivity contribution is 7.92. The molecule has 1 N–H and O–H groups in total. The molecule has 6 heteroatoms. The number of nitrogens with zero attached hydrogens (tertiary/aromatic N) is 1. The van der Waals surface area contributed by atoms with Crippen LogP contribution in [0.2, 0.25) is 0 Å². The van der Waals surface area contributed by atoms with Gasteiger partial charge in [0.05, 0.1) is 16.8 Å². The summed E-state index contributed by atoms with van der Waals surface area (Å²) in [5, 5.41) is 0. The number of benzene rings is 2. The molecule has 0 amide bonds. The number of sulfonamides is 1. The van der Waals surface area contributed by atoms with E-state index in [0.717, 1.165) is 22.4 Å². The van der Waals surface area contributed by atoms with Crippen molar-refractivity contribution in [2.45, 2.75) is 25.7 Å². The van der Waals surface area contributed by atoms with E-state index in [2.05, 4.69) is 9.71 Å². The highest BCUT2D eigenvalue weighted by Gasteiger charge is 2.14. The summed E-state index contributed by atoms with van der Waals surface area (Å²) in [5.74, 6) is 1.13. The third kappa shape index (κ3) is 4.21. The van der Waals surface area contributed by atoms with Gasteiger partial charge in [-0.3, -0.25) is 4.72 Å². The van der Waals surface area contributed by atoms with Gasteiger partial charge in [-0.1, -0.05) is 29.8 Å². The lowest BCUT2D eigenvalue weighted by Crippen LogP contribution is -2.13. The molecule has 5 nitrogen and oxygen atoms in total. The van der Waals surface area contributed by atoms with Crippen molar-refractivity contribution in [3.05, 3.63) is 77.5 Å². The molecule has 3 aromatic rings. The first-order valence-electron chi connectivity index (χ1n) is 8.14. The van der Waals surface area contributed by atoms with Crippen molar-refractivity contribution in [1.29, 1.82) is 0 Å². The fourth-order valence-electron chi connectivity index (χ4n) is 2.36. The molecule has 1 heterocycles. The predicted molar refractivity (Wildman–Crippen MR) is 102 cm³/mol. The van der Waals surface area contributed by atoms with Gasteiger partial charge in [0.2, 0.25) is 5.88 Å². The molecule has 0 aliphatic rings. The minimum atomic E-state index is -3.64. The zero-order valence-electron chi connectivity index (χ0n) is 14.9. The number of rotatable bonds is 5. The second-order valence-electron chi connectivity index (χ2n) is 6.17. The summed E-state index contributed by atoms with van der Waals surface area (Å²) in [5.41, 5.74) is 3.46. The van der Waals surface area contributed by atoms with Crippen LogP contribution in [0.1, 0.15) is 16.7 Å². The van der Waals surface area contributed by atoms with E-state index in [9.17, 15) is 8.42 Å². The summed E-state index contributed by atoms with van der Waals surface area (Å²) in [6, 6.07) is 15.8. The van der Waals surface area contributed by atoms with Crippen LogP contribution in [-0.2, 0) is 10.0 Å². The zero-order valence-corrected chi connectivity index (χ0v) is 15.7. The molecule has 0 fully saturated rings. The Kier molecular flexibility index (Phi) is 4.95. The van der Waals surface area contributed by atoms with Crippen LogP contribution in [0.3, 0.4) is 0 Å². The smallest absolute Gasteiger partial charge is 0.261 e. The Morgan fingerprint density at radius 1 is 0.885 bits per heavy atom. The number of aryl methyl sites for hydroxylation is 3. The van der Waals surface area contributed by atoms with Crippen LogP contribution in [0, 0.1) is 20.8 Å². The molecular formula is C20H20N2O3S. The van der Waals surface area contributed by atoms with Gasteiger partial charge in [0.25, 0.3) is 10.0 Å². The zero-order chi connectivity index (χ0) is 18.7. The third-order valence-corrected chi connectivity index (χ3v) is 5.28. The van der Waals surface area contributed by atoms with Crippen LogP contribution in [0.25, 0.3) is 0 Å². The van der Waals surface area contributed by atoms with Gasteiger partial charge < -0.3 is 4.74 Å². The SMILES string of the molecule is Cc1ccc(S(=O)(=O)Nc2ccc(Oc3cc(C)ccc3C)nc2)cc1. The number of ether oxygens (including phenoxy) is 1. The van der Waals surface area contributed by atoms with Gasteiger partial charge in [-0.25, -0.2) is 13.4 Å². The Balaban J connectivity index is 1.75. The van der Waals surface area contributed by atoms with Gasteiger partial charge in [-0.05, 0) is 56.2 Å². The quantitative estimate of drug-likeness (QED) is 0.715. The minimum absolute atomic E-state index is 0.207. The van der Waals surface area contributed by atoms with Crippen molar-refractivity contribution in [2.75, 3.05) is 4.72 Å². The van der Waals surface area contributed by atoms with E-state index in [1.54, 1.807) is 36.4 Å². The minimum Gasteiger partial charge on any atom is -0.439 e. The van der Waals surface area contributed by atoms with Crippen LogP contribution in [0.4, 0.5) is 5.69 Å². The Morgan fingerprint density at radius 2 is 1.58 bits per heavy atom. The summed E-state index contributed by atoms with van der Waals surface area (Å²) in [4.78, 5) is 4.39. The molecule has 0 atom stereocenters. The third-order valence-electron chi connectivity index (χ3n) is 3.88. The largest absolute Gasteiger partial charge is 0.439 e. The Hall–Kier alpha value is -2.86. The molecule has 0 aliphatic heterocycles. The fraction of sp³-hybridized carbons (Fsp3) is 0.150. The van der Waals surface area contributed by atoms with Gasteiger partial charge in [0.15, 0.2) is 0 Å². The Labute approximate surface area is 153 Å². The molecular weight excluding hydrogens is 348 g/mol. The van der Waals surface area contributed by atoms with Gasteiger partial charge in [0, 0.05) is 6.07 Å². The molecule has 0 saturated carbocycles. The van der Waals surface area contributed by atoms with E-state index < -0.39 is 10.0 Å². The topological polar surface area (TPSA) is 68.3 Å². The average molecular weight is 368 g/mol. The molecule has 0 spiro atoms. The highest BCUT2D eigenvalue weighted by Crippen LogP contribution is 2.25. The van der Waals surface area contributed by atoms with Crippen LogP contribution >= 0.6 is 0 Å². The summed E-state index contributed by atoms with van der Waals surface area (Å²) < 4.78 is 33.1. The van der Waals surface area contributed by atoms with E-state index in [1.165, 1.54) is 6.20 Å². The van der Waals surface area contributed by atoms with Crippen LogP contribution in [0.5, 0.6) is 11.6 Å². The molecule has 3 rings (SSSR count). The molecule has 1 aromatic heterocycles. The standard InChI is InChI=1S/C20H20N2O3S/c1-14-5-9-18(10-6-14)26(23,24)22-17-8-11-20(21-13-17)25-19-12-15(2)4-7-16(19)3/h4-13,22H,1-3H3. The molecule has 0 unspecified atom stereocenters. The normalized spacial score (nSPS) is 11.2. The lowest BCUT2D eigenvalue weighted by molar-refractivity contribution is 0.459. The van der Waals surface area contributed by atoms with Crippen molar-refractivity contribution in [3.8, 4) is 11.6 Å². The predicted octanol–water partition coefficient (Wildman–Crippen LogP) is 4.60. The van der Waals surface area contributed by atoms with Gasteiger partial charge in [-0.2, -0.15) is 0 Å². The summed E-state index contributed by atoms with van der Waals surface area (Å²) in [6.45, 7) is 5.85. The molecule has 0 radical (unpaired) electrons. The van der Waals surface area contributed by atoms with E-state index in [0.29, 0.717) is 11.6 Å². The highest BCUT2D eigenvalue weighted by atomic mass is 32.2. The first kappa shape index (κ1) is 17.9. The maximum atomic E-state index is 12.4. The Morgan fingerprint density at radius 3 is 2.23 bits per heavy atom. The number of aromatic nitrogens is 1. The molecule has 0 aliphatic carbocycles. The lowest BCUT2D eigenvalue weighted by Gasteiger charge is -2.10. The molecule has 26 heavy (non-hydrogen) atoms. The van der Waals surface area contributed by atoms with Crippen LogP contribution in [-0.4, -0.2) is 13.4 Å². The summed E-state index contributed by atoms with van der Waals surface area (Å²) in [7, 11) is -3.64. The second kappa shape index (κ2) is 7.17. The summed E-state index contributed by atoms with van der Waals surface area (Å²) >= 11 is 0. The molecule has 0 saturated heterocycles. The molecule has 0 bridgehead atoms. The van der Waals surface area contributed by atoms with E-state index in [-0.39, 0.29) is 4.90 Å². The monoisotopic (exact) mass is 368 g/mol. The van der Waals surface area contributed by atoms with Crippen molar-refractivity contribution >= 4 is 15.7 Å². The maximum Gasteiger partial charge on any atom is 0.261 e. The number of nitrogens with one attached hydrogen (secondary N) is 1. The van der Waals surface area contributed by atoms with Crippen LogP contribution in [0.15, 0.2) is 65.7 Å². The van der Waals surface area contributed by atoms with Crippen molar-refractivity contribution in [3.63, 3.8) is 0 Å². The van der Waals surface area contributed by atoms with Crippen molar-refractivity contribution in [1.82, 2.24) is 4.98 Å². The maximum absolute atomic E-state index is 12.4. The van der Waals surface area contributed by atoms with E-state index in [4.69, 9.17) is 4.74 Å². The molecule has 134 valence electrons. The van der Waals surface area contributed by atoms with Gasteiger partial charge >= 0.3 is 0 Å². The Bertz CT molecular complexity index is 1010. The number of anilines is 1. The fourth-order valence-corrected chi connectivity index (χ4v) is 3.41. The van der Waals surface area contributed by atoms with Crippen molar-refractivity contribution in [2.24, 2.45) is 0 Å². The number of hydrogen-bond donors (Lipinski definition) is 1.